The molecule has 4 heteroatoms. The molecule has 0 radical (unpaired) electrons. The van der Waals surface area contributed by atoms with Crippen LogP contribution in [0.4, 0.5) is 5.69 Å². The van der Waals surface area contributed by atoms with Gasteiger partial charge in [0.25, 0.3) is 0 Å². The van der Waals surface area contributed by atoms with Gasteiger partial charge in [0.05, 0.1) is 45.6 Å². The van der Waals surface area contributed by atoms with Gasteiger partial charge in [-0.1, -0.05) is 78.9 Å². The second kappa shape index (κ2) is 9.24. The molecule has 0 fully saturated rings. The van der Waals surface area contributed by atoms with Crippen LogP contribution in [-0.4, -0.2) is 9.13 Å². The van der Waals surface area contributed by atoms with E-state index in [0.29, 0.717) is 11.3 Å². The molecule has 0 bridgehead atoms. The Morgan fingerprint density at radius 2 is 0.976 bits per heavy atom. The molecule has 8 rings (SSSR count). The van der Waals surface area contributed by atoms with Gasteiger partial charge in [-0.15, -0.1) is 0 Å². The molecule has 2 heterocycles. The number of hydrogen-bond acceptors (Lipinski definition) is 1. The van der Waals surface area contributed by atoms with Gasteiger partial charge >= 0.3 is 0 Å². The number of rotatable bonds is 3. The summed E-state index contributed by atoms with van der Waals surface area (Å²) in [6.45, 7) is 7.75. The highest BCUT2D eigenvalue weighted by Crippen LogP contribution is 2.39. The lowest BCUT2D eigenvalue weighted by molar-refractivity contribution is 1.17. The molecule has 194 valence electrons. The van der Waals surface area contributed by atoms with Crippen molar-refractivity contribution < 1.29 is 0 Å². The smallest absolute Gasteiger partial charge is 0.210 e. The van der Waals surface area contributed by atoms with E-state index in [9.17, 15) is 5.26 Å². The SMILES string of the molecule is [C-]#[N+]c1ccccc1-n1c2ccccc2c2cc(-c3ccc4c(c3)c3ccccc3n4-c3ccccc3C#N)ccc21. The third-order valence-electron chi connectivity index (χ3n) is 8.19. The van der Waals surface area contributed by atoms with Crippen molar-refractivity contribution in [2.24, 2.45) is 0 Å². The van der Waals surface area contributed by atoms with E-state index < -0.39 is 0 Å². The monoisotopic (exact) mass is 534 g/mol. The van der Waals surface area contributed by atoms with Crippen molar-refractivity contribution in [3.05, 3.63) is 150 Å². The van der Waals surface area contributed by atoms with Crippen molar-refractivity contribution in [1.29, 1.82) is 5.26 Å². The average Bonchev–Trinajstić information content (AvgIpc) is 3.56. The first-order chi connectivity index (χ1) is 20.8. The van der Waals surface area contributed by atoms with Crippen LogP contribution >= 0.6 is 0 Å². The number of para-hydroxylation sites is 5. The van der Waals surface area contributed by atoms with E-state index in [-0.39, 0.29) is 0 Å². The Balaban J connectivity index is 1.37. The molecule has 0 atom stereocenters. The quantitative estimate of drug-likeness (QED) is 0.208. The summed E-state index contributed by atoms with van der Waals surface area (Å²) in [7, 11) is 0. The molecule has 0 aliphatic heterocycles. The first-order valence-electron chi connectivity index (χ1n) is 13.8. The summed E-state index contributed by atoms with van der Waals surface area (Å²) >= 11 is 0. The highest BCUT2D eigenvalue weighted by atomic mass is 15.0. The highest BCUT2D eigenvalue weighted by Gasteiger charge is 2.17. The Bertz CT molecular complexity index is 2270. The zero-order chi connectivity index (χ0) is 28.2. The van der Waals surface area contributed by atoms with Crippen molar-refractivity contribution in [2.75, 3.05) is 0 Å². The Kier molecular flexibility index (Phi) is 5.22. The van der Waals surface area contributed by atoms with Crippen molar-refractivity contribution in [2.45, 2.75) is 0 Å². The topological polar surface area (TPSA) is 38.0 Å². The van der Waals surface area contributed by atoms with Crippen LogP contribution in [0.5, 0.6) is 0 Å². The van der Waals surface area contributed by atoms with E-state index in [4.69, 9.17) is 6.57 Å². The second-order valence-electron chi connectivity index (χ2n) is 10.4. The lowest BCUT2D eigenvalue weighted by atomic mass is 10.0. The Morgan fingerprint density at radius 3 is 1.57 bits per heavy atom. The van der Waals surface area contributed by atoms with Crippen LogP contribution in [0, 0.1) is 17.9 Å². The molecule has 2 aromatic heterocycles. The van der Waals surface area contributed by atoms with Gasteiger partial charge in [0, 0.05) is 21.5 Å². The van der Waals surface area contributed by atoms with Gasteiger partial charge in [-0.3, -0.25) is 0 Å². The number of fused-ring (bicyclic) bond motifs is 6. The minimum Gasteiger partial charge on any atom is -0.319 e. The van der Waals surface area contributed by atoms with E-state index in [2.05, 4.69) is 92.8 Å². The van der Waals surface area contributed by atoms with Crippen LogP contribution < -0.4 is 0 Å². The number of nitrogens with zero attached hydrogens (tertiary/aromatic N) is 4. The van der Waals surface area contributed by atoms with E-state index in [1.807, 2.05) is 60.7 Å². The molecular formula is C38H22N4. The summed E-state index contributed by atoms with van der Waals surface area (Å²) in [4.78, 5) is 3.80. The average molecular weight is 535 g/mol. The van der Waals surface area contributed by atoms with Gasteiger partial charge in [-0.2, -0.15) is 5.26 Å². The minimum absolute atomic E-state index is 0.629. The van der Waals surface area contributed by atoms with Gasteiger partial charge in [-0.05, 0) is 65.7 Å². The second-order valence-corrected chi connectivity index (χ2v) is 10.4. The van der Waals surface area contributed by atoms with Crippen molar-refractivity contribution >= 4 is 49.3 Å². The zero-order valence-corrected chi connectivity index (χ0v) is 22.5. The van der Waals surface area contributed by atoms with E-state index in [1.165, 1.54) is 0 Å². The predicted molar refractivity (Wildman–Crippen MR) is 172 cm³/mol. The third kappa shape index (κ3) is 3.40. The van der Waals surface area contributed by atoms with E-state index >= 15 is 0 Å². The number of benzene rings is 6. The molecular weight excluding hydrogens is 512 g/mol. The fourth-order valence-electron chi connectivity index (χ4n) is 6.33. The summed E-state index contributed by atoms with van der Waals surface area (Å²) in [6, 6.07) is 47.9. The summed E-state index contributed by atoms with van der Waals surface area (Å²) in [5.74, 6) is 0. The summed E-state index contributed by atoms with van der Waals surface area (Å²) in [5.41, 5.74) is 9.58. The summed E-state index contributed by atoms with van der Waals surface area (Å²) in [5, 5.41) is 14.4. The molecule has 0 aliphatic carbocycles. The standard InChI is InChI=1S/C38H22N4/c1-40-32-13-5-9-17-38(32)42-35-16-8-4-12-29(35)31-23-26(19-21-37(31)42)25-18-20-36-30(22-25)28-11-3-7-15-34(28)41(36)33-14-6-2-10-27(33)24-39/h2-23H. The fraction of sp³-hybridized carbons (Fsp3) is 0. The minimum atomic E-state index is 0.629. The van der Waals surface area contributed by atoms with Gasteiger partial charge in [0.2, 0.25) is 5.69 Å². The molecule has 4 nitrogen and oxygen atoms in total. The van der Waals surface area contributed by atoms with Crippen molar-refractivity contribution in [1.82, 2.24) is 9.13 Å². The largest absolute Gasteiger partial charge is 0.319 e. The number of nitriles is 1. The summed E-state index contributed by atoms with van der Waals surface area (Å²) in [6.07, 6.45) is 0. The first kappa shape index (κ1) is 23.8. The number of hydrogen-bond donors (Lipinski definition) is 0. The molecule has 6 aromatic carbocycles. The number of aromatic nitrogens is 2. The van der Waals surface area contributed by atoms with Crippen LogP contribution in [0.25, 0.3) is 71.0 Å². The molecule has 8 aromatic rings. The van der Waals surface area contributed by atoms with E-state index in [1.54, 1.807) is 0 Å². The van der Waals surface area contributed by atoms with Gasteiger partial charge in [0.1, 0.15) is 6.07 Å². The van der Waals surface area contributed by atoms with Crippen LogP contribution in [0.3, 0.4) is 0 Å². The summed E-state index contributed by atoms with van der Waals surface area (Å²) < 4.78 is 4.39. The van der Waals surface area contributed by atoms with Crippen molar-refractivity contribution in [3.63, 3.8) is 0 Å². The fourth-order valence-corrected chi connectivity index (χ4v) is 6.33. The maximum atomic E-state index is 9.84. The maximum Gasteiger partial charge on any atom is 0.210 e. The highest BCUT2D eigenvalue weighted by molar-refractivity contribution is 6.13. The lowest BCUT2D eigenvalue weighted by Crippen LogP contribution is -1.97. The van der Waals surface area contributed by atoms with Crippen LogP contribution in [0.2, 0.25) is 0 Å². The van der Waals surface area contributed by atoms with Crippen LogP contribution in [0.15, 0.2) is 133 Å². The normalized spacial score (nSPS) is 11.3. The third-order valence-corrected chi connectivity index (χ3v) is 8.19. The predicted octanol–water partition coefficient (Wildman–Crippen LogP) is 9.97. The first-order valence-corrected chi connectivity index (χ1v) is 13.8. The Labute approximate surface area is 242 Å². The van der Waals surface area contributed by atoms with Crippen LogP contribution in [-0.2, 0) is 0 Å². The molecule has 0 saturated carbocycles. The molecule has 42 heavy (non-hydrogen) atoms. The van der Waals surface area contributed by atoms with Gasteiger partial charge < -0.3 is 9.13 Å². The van der Waals surface area contributed by atoms with Gasteiger partial charge in [0.15, 0.2) is 0 Å². The molecule has 0 aliphatic rings. The molecule has 0 amide bonds. The Morgan fingerprint density at radius 1 is 0.500 bits per heavy atom. The zero-order valence-electron chi connectivity index (χ0n) is 22.5. The molecule has 0 unspecified atom stereocenters. The maximum absolute atomic E-state index is 9.84. The molecule has 0 saturated heterocycles. The van der Waals surface area contributed by atoms with Crippen LogP contribution in [0.1, 0.15) is 5.56 Å². The molecule has 0 spiro atoms. The van der Waals surface area contributed by atoms with Gasteiger partial charge in [-0.25, -0.2) is 4.85 Å². The van der Waals surface area contributed by atoms with E-state index in [0.717, 1.165) is 66.1 Å². The molecule has 0 N–H and O–H groups in total. The van der Waals surface area contributed by atoms with Crippen molar-refractivity contribution in [3.8, 4) is 28.6 Å². The Hall–Kier alpha value is -6.10. The lowest BCUT2D eigenvalue weighted by Gasteiger charge is -2.11.